The first kappa shape index (κ1) is 20.5. The van der Waals surface area contributed by atoms with Gasteiger partial charge in [-0.15, -0.1) is 0 Å². The van der Waals surface area contributed by atoms with Crippen molar-refractivity contribution in [1.29, 1.82) is 0 Å². The average Bonchev–Trinajstić information content (AvgIpc) is 2.54. The van der Waals surface area contributed by atoms with Crippen molar-refractivity contribution >= 4 is 5.97 Å². The van der Waals surface area contributed by atoms with Crippen molar-refractivity contribution in [2.45, 2.75) is 105 Å². The lowest BCUT2D eigenvalue weighted by molar-refractivity contribution is -0.179. The number of rotatable bonds is 8. The molecule has 0 aromatic carbocycles. The number of carbonyl (C=O) groups excluding carboxylic acids is 1. The van der Waals surface area contributed by atoms with Gasteiger partial charge in [0.15, 0.2) is 0 Å². The Morgan fingerprint density at radius 3 is 2.09 bits per heavy atom. The van der Waals surface area contributed by atoms with E-state index < -0.39 is 0 Å². The van der Waals surface area contributed by atoms with Crippen molar-refractivity contribution in [3.8, 4) is 0 Å². The molecule has 23 heavy (non-hydrogen) atoms. The summed E-state index contributed by atoms with van der Waals surface area (Å²) in [5.74, 6) is 1.46. The molecule has 1 rings (SSSR count). The summed E-state index contributed by atoms with van der Waals surface area (Å²) in [6.45, 7) is 15.2. The number of esters is 1. The lowest BCUT2D eigenvalue weighted by Crippen LogP contribution is -2.45. The molecular formula is C21H40O2. The molecule has 0 N–H and O–H groups in total. The number of ether oxygens (including phenoxy) is 1. The number of carbonyl (C=O) groups is 1. The molecule has 3 unspecified atom stereocenters. The minimum Gasteiger partial charge on any atom is -0.459 e. The zero-order chi connectivity index (χ0) is 17.7. The van der Waals surface area contributed by atoms with Crippen molar-refractivity contribution in [3.63, 3.8) is 0 Å². The van der Waals surface area contributed by atoms with Gasteiger partial charge in [0.1, 0.15) is 5.60 Å². The molecule has 0 amide bonds. The first-order valence-corrected chi connectivity index (χ1v) is 9.90. The Kier molecular flexibility index (Phi) is 7.61. The molecule has 0 radical (unpaired) electrons. The van der Waals surface area contributed by atoms with Crippen LogP contribution in [0.15, 0.2) is 0 Å². The van der Waals surface area contributed by atoms with E-state index >= 15 is 0 Å². The Balaban J connectivity index is 2.87. The smallest absolute Gasteiger partial charge is 0.312 e. The van der Waals surface area contributed by atoms with Crippen LogP contribution in [0.25, 0.3) is 0 Å². The van der Waals surface area contributed by atoms with Crippen LogP contribution in [-0.2, 0) is 9.53 Å². The van der Waals surface area contributed by atoms with Crippen LogP contribution in [0.1, 0.15) is 99.8 Å². The van der Waals surface area contributed by atoms with Gasteiger partial charge in [-0.05, 0) is 57.8 Å². The van der Waals surface area contributed by atoms with E-state index in [2.05, 4.69) is 48.5 Å². The van der Waals surface area contributed by atoms with Gasteiger partial charge in [-0.3, -0.25) is 4.79 Å². The minimum absolute atomic E-state index is 0.0303. The molecule has 0 spiro atoms. The van der Waals surface area contributed by atoms with Gasteiger partial charge in [-0.2, -0.15) is 0 Å². The predicted octanol–water partition coefficient (Wildman–Crippen LogP) is 6.38. The molecule has 3 atom stereocenters. The fraction of sp³-hybridized carbons (Fsp3) is 0.952. The van der Waals surface area contributed by atoms with Crippen LogP contribution in [0.2, 0.25) is 0 Å². The van der Waals surface area contributed by atoms with Gasteiger partial charge in [0, 0.05) is 0 Å². The highest BCUT2D eigenvalue weighted by atomic mass is 16.6. The summed E-state index contributed by atoms with van der Waals surface area (Å²) in [7, 11) is 0. The van der Waals surface area contributed by atoms with Crippen LogP contribution >= 0.6 is 0 Å². The highest BCUT2D eigenvalue weighted by Gasteiger charge is 2.44. The normalized spacial score (nSPS) is 22.2. The van der Waals surface area contributed by atoms with Crippen molar-refractivity contribution in [3.05, 3.63) is 0 Å². The van der Waals surface area contributed by atoms with E-state index in [1.54, 1.807) is 0 Å². The zero-order valence-corrected chi connectivity index (χ0v) is 16.7. The van der Waals surface area contributed by atoms with E-state index in [1.165, 1.54) is 32.1 Å². The lowest BCUT2D eigenvalue weighted by atomic mass is 9.70. The molecule has 0 aromatic rings. The van der Waals surface area contributed by atoms with Crippen LogP contribution < -0.4 is 0 Å². The Hall–Kier alpha value is -0.530. The molecule has 2 heteroatoms. The molecule has 1 aliphatic rings. The molecule has 0 saturated heterocycles. The largest absolute Gasteiger partial charge is 0.459 e. The summed E-state index contributed by atoms with van der Waals surface area (Å²) in [5.41, 5.74) is -0.697. The quantitative estimate of drug-likeness (QED) is 0.484. The van der Waals surface area contributed by atoms with Gasteiger partial charge < -0.3 is 4.74 Å². The summed E-state index contributed by atoms with van der Waals surface area (Å²) >= 11 is 0. The molecule has 2 nitrogen and oxygen atoms in total. The maximum atomic E-state index is 13.2. The molecule has 0 aromatic heterocycles. The third-order valence-electron chi connectivity index (χ3n) is 6.58. The van der Waals surface area contributed by atoms with Gasteiger partial charge in [0.05, 0.1) is 5.41 Å². The highest BCUT2D eigenvalue weighted by Crippen LogP contribution is 2.42. The summed E-state index contributed by atoms with van der Waals surface area (Å²) in [6.07, 6.45) is 9.36. The first-order valence-electron chi connectivity index (χ1n) is 9.90. The van der Waals surface area contributed by atoms with Crippen LogP contribution in [0.4, 0.5) is 0 Å². The summed E-state index contributed by atoms with van der Waals surface area (Å²) < 4.78 is 6.17. The van der Waals surface area contributed by atoms with Crippen LogP contribution in [-0.4, -0.2) is 11.6 Å². The fourth-order valence-corrected chi connectivity index (χ4v) is 4.04. The van der Waals surface area contributed by atoms with Gasteiger partial charge in [-0.1, -0.05) is 59.8 Å². The Labute approximate surface area is 144 Å². The number of hydrogen-bond acceptors (Lipinski definition) is 2. The minimum atomic E-state index is -0.365. The van der Waals surface area contributed by atoms with E-state index in [0.29, 0.717) is 17.8 Å². The predicted molar refractivity (Wildman–Crippen MR) is 98.4 cm³/mol. The highest BCUT2D eigenvalue weighted by molar-refractivity contribution is 5.77. The standard InChI is InChI=1S/C21H40O2/c1-8-16(3)15-21(7,17(4)9-2)19(22)23-20(5,6)18-13-11-10-12-14-18/h16-18H,8-15H2,1-7H3. The molecule has 1 saturated carbocycles. The molecular weight excluding hydrogens is 284 g/mol. The van der Waals surface area contributed by atoms with Crippen LogP contribution in [0.5, 0.6) is 0 Å². The molecule has 136 valence electrons. The average molecular weight is 325 g/mol. The second-order valence-electron chi connectivity index (χ2n) is 8.77. The Bertz CT molecular complexity index is 368. The molecule has 0 heterocycles. The zero-order valence-electron chi connectivity index (χ0n) is 16.7. The van der Waals surface area contributed by atoms with E-state index in [9.17, 15) is 4.79 Å². The molecule has 1 aliphatic carbocycles. The lowest BCUT2D eigenvalue weighted by Gasteiger charge is -2.41. The molecule has 0 bridgehead atoms. The number of hydrogen-bond donors (Lipinski definition) is 0. The van der Waals surface area contributed by atoms with Gasteiger partial charge in [0.2, 0.25) is 0 Å². The van der Waals surface area contributed by atoms with Crippen molar-refractivity contribution in [2.24, 2.45) is 23.2 Å². The van der Waals surface area contributed by atoms with Crippen LogP contribution in [0, 0.1) is 23.2 Å². The van der Waals surface area contributed by atoms with E-state index in [1.807, 2.05) is 0 Å². The van der Waals surface area contributed by atoms with E-state index in [0.717, 1.165) is 19.3 Å². The van der Waals surface area contributed by atoms with Gasteiger partial charge in [0.25, 0.3) is 0 Å². The monoisotopic (exact) mass is 324 g/mol. The maximum absolute atomic E-state index is 13.2. The van der Waals surface area contributed by atoms with E-state index in [4.69, 9.17) is 4.74 Å². The third-order valence-corrected chi connectivity index (χ3v) is 6.58. The van der Waals surface area contributed by atoms with Crippen molar-refractivity contribution in [1.82, 2.24) is 0 Å². The van der Waals surface area contributed by atoms with E-state index in [-0.39, 0.29) is 17.0 Å². The van der Waals surface area contributed by atoms with Crippen molar-refractivity contribution < 1.29 is 9.53 Å². The van der Waals surface area contributed by atoms with Gasteiger partial charge in [-0.25, -0.2) is 0 Å². The second kappa shape index (κ2) is 8.53. The summed E-state index contributed by atoms with van der Waals surface area (Å²) in [4.78, 5) is 13.2. The first-order chi connectivity index (χ1) is 10.7. The summed E-state index contributed by atoms with van der Waals surface area (Å²) in [5, 5.41) is 0. The molecule has 0 aliphatic heterocycles. The SMILES string of the molecule is CCC(C)CC(C)(C(=O)OC(C)(C)C1CCCCC1)C(C)CC. The third kappa shape index (κ3) is 5.22. The van der Waals surface area contributed by atoms with Crippen LogP contribution in [0.3, 0.4) is 0 Å². The van der Waals surface area contributed by atoms with Gasteiger partial charge >= 0.3 is 5.97 Å². The molecule has 1 fully saturated rings. The second-order valence-corrected chi connectivity index (χ2v) is 8.77. The van der Waals surface area contributed by atoms with Crippen molar-refractivity contribution in [2.75, 3.05) is 0 Å². The summed E-state index contributed by atoms with van der Waals surface area (Å²) in [6, 6.07) is 0. The topological polar surface area (TPSA) is 26.3 Å². The Morgan fingerprint density at radius 1 is 1.04 bits per heavy atom. The fourth-order valence-electron chi connectivity index (χ4n) is 4.04. The Morgan fingerprint density at radius 2 is 1.61 bits per heavy atom. The maximum Gasteiger partial charge on any atom is 0.312 e.